The summed E-state index contributed by atoms with van der Waals surface area (Å²) >= 11 is 6.17. The van der Waals surface area contributed by atoms with Crippen LogP contribution in [0.4, 0.5) is 5.69 Å². The van der Waals surface area contributed by atoms with Crippen LogP contribution in [-0.2, 0) is 0 Å². The van der Waals surface area contributed by atoms with Crippen molar-refractivity contribution in [3.8, 4) is 0 Å². The van der Waals surface area contributed by atoms with Crippen molar-refractivity contribution < 1.29 is 0 Å². The van der Waals surface area contributed by atoms with E-state index in [-0.39, 0.29) is 0 Å². The van der Waals surface area contributed by atoms with Crippen LogP contribution >= 0.6 is 11.6 Å². The van der Waals surface area contributed by atoms with Gasteiger partial charge in [-0.15, -0.1) is 0 Å². The van der Waals surface area contributed by atoms with Crippen LogP contribution in [0.1, 0.15) is 52.0 Å². The number of benzene rings is 1. The van der Waals surface area contributed by atoms with Gasteiger partial charge in [0.2, 0.25) is 0 Å². The van der Waals surface area contributed by atoms with E-state index in [9.17, 15) is 0 Å². The van der Waals surface area contributed by atoms with E-state index in [1.807, 2.05) is 13.0 Å². The molecule has 0 radical (unpaired) electrons. The SMILES string of the molecule is Cc1ccc(NC2CCC(C(C)(C)C)CC2)cc1Cl. The van der Waals surface area contributed by atoms with Crippen molar-refractivity contribution in [3.63, 3.8) is 0 Å². The summed E-state index contributed by atoms with van der Waals surface area (Å²) < 4.78 is 0. The van der Waals surface area contributed by atoms with Crippen LogP contribution in [0.15, 0.2) is 18.2 Å². The molecule has 0 bridgehead atoms. The van der Waals surface area contributed by atoms with Gasteiger partial charge in [0, 0.05) is 16.8 Å². The van der Waals surface area contributed by atoms with Gasteiger partial charge in [-0.25, -0.2) is 0 Å². The molecule has 0 amide bonds. The predicted octanol–water partition coefficient (Wildman–Crippen LogP) is 5.67. The average molecular weight is 280 g/mol. The number of aryl methyl sites for hydroxylation is 1. The molecule has 0 spiro atoms. The van der Waals surface area contributed by atoms with Crippen LogP contribution in [0.5, 0.6) is 0 Å². The normalized spacial score (nSPS) is 24.3. The third-order valence-electron chi connectivity index (χ3n) is 4.49. The minimum absolute atomic E-state index is 0.456. The Morgan fingerprint density at radius 2 is 1.74 bits per heavy atom. The van der Waals surface area contributed by atoms with Gasteiger partial charge in [0.05, 0.1) is 0 Å². The van der Waals surface area contributed by atoms with Crippen LogP contribution in [0, 0.1) is 18.3 Å². The Morgan fingerprint density at radius 1 is 1.11 bits per heavy atom. The Morgan fingerprint density at radius 3 is 2.26 bits per heavy atom. The summed E-state index contributed by atoms with van der Waals surface area (Å²) in [5.74, 6) is 0.868. The third kappa shape index (κ3) is 3.89. The van der Waals surface area contributed by atoms with Gasteiger partial charge in [-0.2, -0.15) is 0 Å². The van der Waals surface area contributed by atoms with Gasteiger partial charge in [-0.3, -0.25) is 0 Å². The zero-order valence-electron chi connectivity index (χ0n) is 12.6. The summed E-state index contributed by atoms with van der Waals surface area (Å²) in [6.45, 7) is 9.14. The summed E-state index contributed by atoms with van der Waals surface area (Å²) in [6.07, 6.45) is 5.21. The zero-order chi connectivity index (χ0) is 14.0. The molecule has 1 aliphatic rings. The minimum atomic E-state index is 0.456. The second-order valence-corrected chi connectivity index (χ2v) is 7.43. The van der Waals surface area contributed by atoms with Gasteiger partial charge < -0.3 is 5.32 Å². The first-order valence-electron chi connectivity index (χ1n) is 7.39. The van der Waals surface area contributed by atoms with Crippen LogP contribution in [-0.4, -0.2) is 6.04 Å². The smallest absolute Gasteiger partial charge is 0.0455 e. The molecule has 0 unspecified atom stereocenters. The highest BCUT2D eigenvalue weighted by molar-refractivity contribution is 6.31. The summed E-state index contributed by atoms with van der Waals surface area (Å²) in [7, 11) is 0. The third-order valence-corrected chi connectivity index (χ3v) is 4.90. The second-order valence-electron chi connectivity index (χ2n) is 7.02. The number of anilines is 1. The largest absolute Gasteiger partial charge is 0.382 e. The van der Waals surface area contributed by atoms with Crippen molar-refractivity contribution in [1.29, 1.82) is 0 Å². The fourth-order valence-corrected chi connectivity index (χ4v) is 3.20. The first-order valence-corrected chi connectivity index (χ1v) is 7.77. The lowest BCUT2D eigenvalue weighted by Crippen LogP contribution is -2.31. The van der Waals surface area contributed by atoms with Crippen LogP contribution in [0.25, 0.3) is 0 Å². The van der Waals surface area contributed by atoms with Crippen LogP contribution in [0.2, 0.25) is 5.02 Å². The predicted molar refractivity (Wildman–Crippen MR) is 85.0 cm³/mol. The molecule has 0 heterocycles. The van der Waals surface area contributed by atoms with E-state index in [2.05, 4.69) is 38.2 Å². The van der Waals surface area contributed by atoms with Crippen molar-refractivity contribution in [1.82, 2.24) is 0 Å². The molecule has 2 rings (SSSR count). The molecule has 1 fully saturated rings. The highest BCUT2D eigenvalue weighted by Gasteiger charge is 2.29. The first-order chi connectivity index (χ1) is 8.86. The Kier molecular flexibility index (Phi) is 4.45. The molecule has 19 heavy (non-hydrogen) atoms. The van der Waals surface area contributed by atoms with E-state index in [1.54, 1.807) is 0 Å². The summed E-state index contributed by atoms with van der Waals surface area (Å²) in [5, 5.41) is 4.49. The van der Waals surface area contributed by atoms with Gasteiger partial charge in [0.25, 0.3) is 0 Å². The molecule has 1 aromatic rings. The van der Waals surface area contributed by atoms with E-state index in [0.717, 1.165) is 22.2 Å². The fourth-order valence-electron chi connectivity index (χ4n) is 3.02. The lowest BCUT2D eigenvalue weighted by molar-refractivity contribution is 0.173. The van der Waals surface area contributed by atoms with Crippen molar-refractivity contribution in [2.24, 2.45) is 11.3 Å². The maximum atomic E-state index is 6.17. The van der Waals surface area contributed by atoms with Crippen molar-refractivity contribution in [2.75, 3.05) is 5.32 Å². The summed E-state index contributed by atoms with van der Waals surface area (Å²) in [5.41, 5.74) is 2.76. The summed E-state index contributed by atoms with van der Waals surface area (Å²) in [6, 6.07) is 6.88. The Bertz CT molecular complexity index is 425. The van der Waals surface area contributed by atoms with Crippen molar-refractivity contribution in [3.05, 3.63) is 28.8 Å². The molecule has 0 aromatic heterocycles. The van der Waals surface area contributed by atoms with E-state index in [4.69, 9.17) is 11.6 Å². The molecule has 0 aliphatic heterocycles. The number of halogens is 1. The van der Waals surface area contributed by atoms with E-state index in [1.165, 1.54) is 25.7 Å². The zero-order valence-corrected chi connectivity index (χ0v) is 13.3. The highest BCUT2D eigenvalue weighted by Crippen LogP contribution is 2.38. The number of rotatable bonds is 2. The van der Waals surface area contributed by atoms with Gasteiger partial charge in [-0.1, -0.05) is 38.4 Å². The number of hydrogen-bond donors (Lipinski definition) is 1. The molecule has 2 heteroatoms. The summed E-state index contributed by atoms with van der Waals surface area (Å²) in [4.78, 5) is 0. The first kappa shape index (κ1) is 14.7. The maximum absolute atomic E-state index is 6.17. The molecule has 1 N–H and O–H groups in total. The van der Waals surface area contributed by atoms with E-state index >= 15 is 0 Å². The molecular formula is C17H26ClN. The molecule has 1 saturated carbocycles. The maximum Gasteiger partial charge on any atom is 0.0455 e. The van der Waals surface area contributed by atoms with Crippen molar-refractivity contribution >= 4 is 17.3 Å². The minimum Gasteiger partial charge on any atom is -0.382 e. The van der Waals surface area contributed by atoms with Gasteiger partial charge >= 0.3 is 0 Å². The molecule has 0 atom stereocenters. The van der Waals surface area contributed by atoms with E-state index < -0.39 is 0 Å². The van der Waals surface area contributed by atoms with Gasteiger partial charge in [0.1, 0.15) is 0 Å². The lowest BCUT2D eigenvalue weighted by atomic mass is 9.71. The number of nitrogens with one attached hydrogen (secondary N) is 1. The number of hydrogen-bond acceptors (Lipinski definition) is 1. The Labute approximate surface area is 122 Å². The molecule has 1 aliphatic carbocycles. The highest BCUT2D eigenvalue weighted by atomic mass is 35.5. The lowest BCUT2D eigenvalue weighted by Gasteiger charge is -2.37. The van der Waals surface area contributed by atoms with Gasteiger partial charge in [-0.05, 0) is 61.6 Å². The molecule has 106 valence electrons. The molecule has 1 nitrogen and oxygen atoms in total. The Hall–Kier alpha value is -0.690. The van der Waals surface area contributed by atoms with Crippen LogP contribution in [0.3, 0.4) is 0 Å². The molecule has 0 saturated heterocycles. The standard InChI is InChI=1S/C17H26ClN/c1-12-5-8-15(11-16(12)18)19-14-9-6-13(7-10-14)17(2,3)4/h5,8,11,13-14,19H,6-7,9-10H2,1-4H3. The van der Waals surface area contributed by atoms with Crippen LogP contribution < -0.4 is 5.32 Å². The fraction of sp³-hybridized carbons (Fsp3) is 0.647. The molecular weight excluding hydrogens is 254 g/mol. The Balaban J connectivity index is 1.90. The van der Waals surface area contributed by atoms with E-state index in [0.29, 0.717) is 11.5 Å². The van der Waals surface area contributed by atoms with Crippen molar-refractivity contribution in [2.45, 2.75) is 59.4 Å². The second kappa shape index (κ2) is 5.75. The average Bonchev–Trinajstić information content (AvgIpc) is 2.33. The monoisotopic (exact) mass is 279 g/mol. The van der Waals surface area contributed by atoms with Gasteiger partial charge in [0.15, 0.2) is 0 Å². The molecule has 1 aromatic carbocycles. The topological polar surface area (TPSA) is 12.0 Å². The quantitative estimate of drug-likeness (QED) is 0.736.